The SMILES string of the molecule is O=C(NCc1cccnc1)N[C@@H]1c2ccccc2CC[C@H]1n1ccnc1. The Morgan fingerprint density at radius 2 is 2.08 bits per heavy atom. The van der Waals surface area contributed by atoms with E-state index in [2.05, 4.69) is 43.4 Å². The molecule has 0 aliphatic heterocycles. The van der Waals surface area contributed by atoms with Gasteiger partial charge in [-0.3, -0.25) is 4.98 Å². The molecule has 0 spiro atoms. The lowest BCUT2D eigenvalue weighted by molar-refractivity contribution is 0.227. The van der Waals surface area contributed by atoms with Crippen LogP contribution in [0.2, 0.25) is 0 Å². The number of rotatable bonds is 4. The summed E-state index contributed by atoms with van der Waals surface area (Å²) in [6.45, 7) is 0.448. The van der Waals surface area contributed by atoms with E-state index in [1.165, 1.54) is 11.1 Å². The third-order valence-corrected chi connectivity index (χ3v) is 4.85. The van der Waals surface area contributed by atoms with Crippen LogP contribution < -0.4 is 10.6 Å². The fourth-order valence-corrected chi connectivity index (χ4v) is 3.58. The van der Waals surface area contributed by atoms with Gasteiger partial charge in [0.1, 0.15) is 0 Å². The van der Waals surface area contributed by atoms with E-state index < -0.39 is 0 Å². The molecule has 0 saturated carbocycles. The lowest BCUT2D eigenvalue weighted by Gasteiger charge is -2.35. The van der Waals surface area contributed by atoms with Gasteiger partial charge in [0.05, 0.1) is 18.4 Å². The Balaban J connectivity index is 1.52. The van der Waals surface area contributed by atoms with Crippen LogP contribution in [0.3, 0.4) is 0 Å². The molecule has 2 heterocycles. The summed E-state index contributed by atoms with van der Waals surface area (Å²) in [5.41, 5.74) is 3.44. The molecule has 1 aromatic carbocycles. The monoisotopic (exact) mass is 347 g/mol. The molecule has 26 heavy (non-hydrogen) atoms. The first kappa shape index (κ1) is 16.3. The Labute approximate surface area is 152 Å². The third kappa shape index (κ3) is 3.44. The molecule has 132 valence electrons. The van der Waals surface area contributed by atoms with Gasteiger partial charge in [0.2, 0.25) is 0 Å². The number of urea groups is 1. The van der Waals surface area contributed by atoms with Crippen LogP contribution in [0.5, 0.6) is 0 Å². The lowest BCUT2D eigenvalue weighted by atomic mass is 9.84. The van der Waals surface area contributed by atoms with Gasteiger partial charge in [-0.1, -0.05) is 30.3 Å². The molecule has 6 heteroatoms. The number of hydrogen-bond acceptors (Lipinski definition) is 3. The molecular weight excluding hydrogens is 326 g/mol. The van der Waals surface area contributed by atoms with E-state index >= 15 is 0 Å². The van der Waals surface area contributed by atoms with Crippen LogP contribution >= 0.6 is 0 Å². The number of nitrogens with one attached hydrogen (secondary N) is 2. The predicted octanol–water partition coefficient (Wildman–Crippen LogP) is 3.01. The van der Waals surface area contributed by atoms with Gasteiger partial charge in [0.15, 0.2) is 0 Å². The number of carbonyl (C=O) groups is 1. The molecule has 1 aliphatic rings. The lowest BCUT2D eigenvalue weighted by Crippen LogP contribution is -2.42. The average Bonchev–Trinajstić information content (AvgIpc) is 3.22. The van der Waals surface area contributed by atoms with Crippen molar-refractivity contribution in [3.63, 3.8) is 0 Å². The molecule has 0 radical (unpaired) electrons. The first-order valence-corrected chi connectivity index (χ1v) is 8.80. The summed E-state index contributed by atoms with van der Waals surface area (Å²) in [7, 11) is 0. The quantitative estimate of drug-likeness (QED) is 0.762. The smallest absolute Gasteiger partial charge is 0.315 e. The number of carbonyl (C=O) groups excluding carboxylic acids is 1. The fraction of sp³-hybridized carbons (Fsp3) is 0.250. The Hall–Kier alpha value is -3.15. The molecule has 2 aromatic heterocycles. The molecule has 3 aromatic rings. The Bertz CT molecular complexity index is 863. The highest BCUT2D eigenvalue weighted by Gasteiger charge is 2.31. The van der Waals surface area contributed by atoms with Gasteiger partial charge in [-0.2, -0.15) is 0 Å². The summed E-state index contributed by atoms with van der Waals surface area (Å²) in [6, 6.07) is 12.0. The van der Waals surface area contributed by atoms with Gasteiger partial charge in [-0.05, 0) is 35.6 Å². The first-order valence-electron chi connectivity index (χ1n) is 8.80. The number of nitrogens with zero attached hydrogens (tertiary/aromatic N) is 3. The molecule has 0 unspecified atom stereocenters. The number of hydrogen-bond donors (Lipinski definition) is 2. The van der Waals surface area contributed by atoms with E-state index in [9.17, 15) is 4.79 Å². The number of pyridine rings is 1. The zero-order valence-electron chi connectivity index (χ0n) is 14.4. The van der Waals surface area contributed by atoms with Crippen molar-refractivity contribution in [2.75, 3.05) is 0 Å². The van der Waals surface area contributed by atoms with Crippen LogP contribution in [0.25, 0.3) is 0 Å². The number of aryl methyl sites for hydroxylation is 1. The van der Waals surface area contributed by atoms with Crippen molar-refractivity contribution in [1.82, 2.24) is 25.2 Å². The first-order chi connectivity index (χ1) is 12.8. The third-order valence-electron chi connectivity index (χ3n) is 4.85. The second-order valence-electron chi connectivity index (χ2n) is 6.48. The number of aromatic nitrogens is 3. The van der Waals surface area contributed by atoms with Crippen LogP contribution in [0.4, 0.5) is 4.79 Å². The summed E-state index contributed by atoms with van der Waals surface area (Å²) in [5, 5.41) is 6.09. The van der Waals surface area contributed by atoms with Crippen molar-refractivity contribution in [2.45, 2.75) is 31.5 Å². The Morgan fingerprint density at radius 3 is 2.88 bits per heavy atom. The van der Waals surface area contributed by atoms with Gasteiger partial charge in [-0.15, -0.1) is 0 Å². The second-order valence-corrected chi connectivity index (χ2v) is 6.48. The molecule has 0 fully saturated rings. The predicted molar refractivity (Wildman–Crippen MR) is 98.4 cm³/mol. The van der Waals surface area contributed by atoms with Crippen LogP contribution in [0.15, 0.2) is 67.5 Å². The summed E-state index contributed by atoms with van der Waals surface area (Å²) in [4.78, 5) is 20.8. The van der Waals surface area contributed by atoms with Crippen LogP contribution in [0.1, 0.15) is 35.2 Å². The van der Waals surface area contributed by atoms with Crippen molar-refractivity contribution in [3.05, 3.63) is 84.2 Å². The van der Waals surface area contributed by atoms with E-state index in [-0.39, 0.29) is 18.1 Å². The van der Waals surface area contributed by atoms with Crippen molar-refractivity contribution in [3.8, 4) is 0 Å². The standard InChI is InChI=1S/C20H21N5O/c26-20(23-13-15-4-3-9-21-12-15)24-19-17-6-2-1-5-16(17)7-8-18(19)25-11-10-22-14-25/h1-6,9-12,14,18-19H,7-8,13H2,(H2,23,24,26)/t18-,19-/m1/s1. The van der Waals surface area contributed by atoms with Crippen molar-refractivity contribution in [1.29, 1.82) is 0 Å². The van der Waals surface area contributed by atoms with Gasteiger partial charge in [0, 0.05) is 31.3 Å². The molecular formula is C20H21N5O. The minimum atomic E-state index is -0.180. The number of fused-ring (bicyclic) bond motifs is 1. The fourth-order valence-electron chi connectivity index (χ4n) is 3.58. The molecule has 2 amide bonds. The summed E-state index contributed by atoms with van der Waals surface area (Å²) < 4.78 is 2.09. The Kier molecular flexibility index (Phi) is 4.64. The number of imidazole rings is 1. The highest BCUT2D eigenvalue weighted by Crippen LogP contribution is 2.37. The molecule has 2 N–H and O–H groups in total. The van der Waals surface area contributed by atoms with Gasteiger partial charge >= 0.3 is 6.03 Å². The minimum Gasteiger partial charge on any atom is -0.334 e. The maximum Gasteiger partial charge on any atom is 0.315 e. The molecule has 2 atom stereocenters. The van der Waals surface area contributed by atoms with Crippen LogP contribution in [0, 0.1) is 0 Å². The van der Waals surface area contributed by atoms with Crippen LogP contribution in [-0.2, 0) is 13.0 Å². The van der Waals surface area contributed by atoms with Crippen molar-refractivity contribution < 1.29 is 4.79 Å². The van der Waals surface area contributed by atoms with Crippen molar-refractivity contribution in [2.24, 2.45) is 0 Å². The van der Waals surface area contributed by atoms with E-state index in [0.717, 1.165) is 18.4 Å². The maximum absolute atomic E-state index is 12.5. The second kappa shape index (κ2) is 7.39. The van der Waals surface area contributed by atoms with Crippen molar-refractivity contribution >= 4 is 6.03 Å². The highest BCUT2D eigenvalue weighted by atomic mass is 16.2. The Morgan fingerprint density at radius 1 is 1.15 bits per heavy atom. The van der Waals surface area contributed by atoms with Gasteiger partial charge < -0.3 is 15.2 Å². The van der Waals surface area contributed by atoms with Crippen LogP contribution in [-0.4, -0.2) is 20.6 Å². The van der Waals surface area contributed by atoms with E-state index in [1.807, 2.05) is 30.7 Å². The van der Waals surface area contributed by atoms with E-state index in [1.54, 1.807) is 18.6 Å². The molecule has 0 saturated heterocycles. The number of benzene rings is 1. The summed E-state index contributed by atoms with van der Waals surface area (Å²) in [5.74, 6) is 0. The number of amides is 2. The molecule has 4 rings (SSSR count). The normalized spacial score (nSPS) is 18.8. The minimum absolute atomic E-state index is 0.0944. The summed E-state index contributed by atoms with van der Waals surface area (Å²) in [6.07, 6.45) is 11.0. The largest absolute Gasteiger partial charge is 0.334 e. The van der Waals surface area contributed by atoms with E-state index in [0.29, 0.717) is 6.54 Å². The maximum atomic E-state index is 12.5. The zero-order valence-corrected chi connectivity index (χ0v) is 14.4. The topological polar surface area (TPSA) is 71.8 Å². The van der Waals surface area contributed by atoms with Gasteiger partial charge in [0.25, 0.3) is 0 Å². The highest BCUT2D eigenvalue weighted by molar-refractivity contribution is 5.74. The average molecular weight is 347 g/mol. The molecule has 1 aliphatic carbocycles. The molecule has 0 bridgehead atoms. The zero-order chi connectivity index (χ0) is 17.8. The van der Waals surface area contributed by atoms with Gasteiger partial charge in [-0.25, -0.2) is 9.78 Å². The summed E-state index contributed by atoms with van der Waals surface area (Å²) >= 11 is 0. The molecule has 6 nitrogen and oxygen atoms in total. The van der Waals surface area contributed by atoms with E-state index in [4.69, 9.17) is 0 Å².